The number of aryl methyl sites for hydroxylation is 3. The molecular formula is C27H22F2N8O2. The predicted molar refractivity (Wildman–Crippen MR) is 138 cm³/mol. The van der Waals surface area contributed by atoms with Gasteiger partial charge in [0, 0.05) is 53.6 Å². The molecule has 5 aromatic heterocycles. The van der Waals surface area contributed by atoms with Crippen molar-refractivity contribution in [1.82, 2.24) is 35.4 Å². The Bertz CT molecular complexity index is 1670. The molecule has 0 bridgehead atoms. The first-order valence-electron chi connectivity index (χ1n) is 11.8. The zero-order valence-electron chi connectivity index (χ0n) is 21.2. The van der Waals surface area contributed by atoms with Gasteiger partial charge < -0.3 is 15.2 Å². The smallest absolute Gasteiger partial charge is 0.273 e. The van der Waals surface area contributed by atoms with Gasteiger partial charge in [-0.2, -0.15) is 0 Å². The molecule has 0 atom stereocenters. The average molecular weight is 529 g/mol. The SMILES string of the molecule is Cc1cc(Nc2cc(C)on2)nc(-c2cnc(C(=O)NCc3ccc(-c4cc(F)cnc4C)nc3)c(F)c2)n1. The summed E-state index contributed by atoms with van der Waals surface area (Å²) >= 11 is 0. The van der Waals surface area contributed by atoms with Crippen molar-refractivity contribution in [3.05, 3.63) is 95.0 Å². The average Bonchev–Trinajstić information content (AvgIpc) is 3.32. The third-order valence-electron chi connectivity index (χ3n) is 5.66. The molecule has 5 aromatic rings. The Hall–Kier alpha value is -5.13. The van der Waals surface area contributed by atoms with Crippen LogP contribution in [0, 0.1) is 32.4 Å². The van der Waals surface area contributed by atoms with Crippen molar-refractivity contribution in [3.8, 4) is 22.6 Å². The summed E-state index contributed by atoms with van der Waals surface area (Å²) in [5, 5.41) is 9.51. The number of carbonyl (C=O) groups is 1. The number of hydrogen-bond donors (Lipinski definition) is 2. The molecule has 10 nitrogen and oxygen atoms in total. The molecule has 0 aromatic carbocycles. The van der Waals surface area contributed by atoms with Crippen LogP contribution in [0.1, 0.15) is 33.2 Å². The van der Waals surface area contributed by atoms with Crippen LogP contribution in [0.3, 0.4) is 0 Å². The van der Waals surface area contributed by atoms with Crippen LogP contribution in [0.2, 0.25) is 0 Å². The molecule has 1 amide bonds. The number of pyridine rings is 3. The summed E-state index contributed by atoms with van der Waals surface area (Å²) in [6.07, 6.45) is 4.03. The highest BCUT2D eigenvalue weighted by Gasteiger charge is 2.17. The third kappa shape index (κ3) is 5.90. The van der Waals surface area contributed by atoms with Gasteiger partial charge in [0.15, 0.2) is 23.2 Å². The summed E-state index contributed by atoms with van der Waals surface area (Å²) in [5.41, 5.74) is 3.00. The molecule has 0 aliphatic rings. The van der Waals surface area contributed by atoms with Gasteiger partial charge in [-0.15, -0.1) is 0 Å². The minimum atomic E-state index is -0.820. The number of carbonyl (C=O) groups excluding carboxylic acids is 1. The van der Waals surface area contributed by atoms with Crippen LogP contribution in [-0.2, 0) is 6.54 Å². The minimum Gasteiger partial charge on any atom is -0.360 e. The van der Waals surface area contributed by atoms with E-state index in [1.54, 1.807) is 51.2 Å². The summed E-state index contributed by atoms with van der Waals surface area (Å²) in [6.45, 7) is 5.39. The van der Waals surface area contributed by atoms with Gasteiger partial charge in [-0.1, -0.05) is 11.2 Å². The Kier molecular flexibility index (Phi) is 7.00. The van der Waals surface area contributed by atoms with E-state index in [0.29, 0.717) is 51.2 Å². The van der Waals surface area contributed by atoms with Crippen LogP contribution < -0.4 is 10.6 Å². The maximum Gasteiger partial charge on any atom is 0.273 e. The van der Waals surface area contributed by atoms with Crippen molar-refractivity contribution < 1.29 is 18.1 Å². The number of hydrogen-bond acceptors (Lipinski definition) is 9. The number of halogens is 2. The number of rotatable bonds is 7. The van der Waals surface area contributed by atoms with Gasteiger partial charge in [-0.05, 0) is 44.5 Å². The highest BCUT2D eigenvalue weighted by molar-refractivity contribution is 5.92. The van der Waals surface area contributed by atoms with Gasteiger partial charge in [-0.25, -0.2) is 23.7 Å². The monoisotopic (exact) mass is 528 g/mol. The zero-order valence-corrected chi connectivity index (χ0v) is 21.2. The molecule has 0 aliphatic carbocycles. The van der Waals surface area contributed by atoms with E-state index in [4.69, 9.17) is 4.52 Å². The van der Waals surface area contributed by atoms with Gasteiger partial charge in [0.25, 0.3) is 5.91 Å². The molecule has 196 valence electrons. The second kappa shape index (κ2) is 10.7. The molecule has 0 fully saturated rings. The Morgan fingerprint density at radius 3 is 2.49 bits per heavy atom. The Morgan fingerprint density at radius 2 is 1.77 bits per heavy atom. The number of anilines is 2. The van der Waals surface area contributed by atoms with Crippen LogP contribution in [-0.4, -0.2) is 36.0 Å². The second-order valence-electron chi connectivity index (χ2n) is 8.74. The summed E-state index contributed by atoms with van der Waals surface area (Å²) in [6, 6.07) is 9.37. The van der Waals surface area contributed by atoms with Crippen molar-refractivity contribution in [3.63, 3.8) is 0 Å². The van der Waals surface area contributed by atoms with Crippen molar-refractivity contribution in [2.24, 2.45) is 0 Å². The van der Waals surface area contributed by atoms with Crippen LogP contribution in [0.15, 0.2) is 59.5 Å². The molecule has 0 spiro atoms. The van der Waals surface area contributed by atoms with Gasteiger partial charge >= 0.3 is 0 Å². The van der Waals surface area contributed by atoms with Crippen LogP contribution in [0.25, 0.3) is 22.6 Å². The number of amides is 1. The molecule has 0 aliphatic heterocycles. The number of aromatic nitrogens is 6. The van der Waals surface area contributed by atoms with E-state index >= 15 is 0 Å². The van der Waals surface area contributed by atoms with Gasteiger partial charge in [0.2, 0.25) is 0 Å². The number of nitrogens with one attached hydrogen (secondary N) is 2. The summed E-state index contributed by atoms with van der Waals surface area (Å²) < 4.78 is 33.5. The van der Waals surface area contributed by atoms with Gasteiger partial charge in [0.05, 0.1) is 11.9 Å². The summed E-state index contributed by atoms with van der Waals surface area (Å²) in [5.74, 6) is -0.196. The fourth-order valence-corrected chi connectivity index (χ4v) is 3.77. The fourth-order valence-electron chi connectivity index (χ4n) is 3.77. The van der Waals surface area contributed by atoms with Gasteiger partial charge in [-0.3, -0.25) is 14.8 Å². The van der Waals surface area contributed by atoms with E-state index in [1.165, 1.54) is 12.3 Å². The molecule has 5 rings (SSSR count). The predicted octanol–water partition coefficient (Wildman–Crippen LogP) is 4.86. The molecule has 5 heterocycles. The second-order valence-corrected chi connectivity index (χ2v) is 8.74. The Labute approximate surface area is 221 Å². The van der Waals surface area contributed by atoms with E-state index in [0.717, 1.165) is 12.3 Å². The lowest BCUT2D eigenvalue weighted by atomic mass is 10.1. The minimum absolute atomic E-state index is 0.0902. The lowest BCUT2D eigenvalue weighted by Gasteiger charge is -2.09. The molecule has 0 saturated heterocycles. The third-order valence-corrected chi connectivity index (χ3v) is 5.66. The fraction of sp³-hybridized carbons (Fsp3) is 0.148. The molecule has 12 heteroatoms. The van der Waals surface area contributed by atoms with Crippen molar-refractivity contribution in [2.75, 3.05) is 5.32 Å². The first-order chi connectivity index (χ1) is 18.7. The Balaban J connectivity index is 1.27. The largest absolute Gasteiger partial charge is 0.360 e. The molecular weight excluding hydrogens is 506 g/mol. The highest BCUT2D eigenvalue weighted by atomic mass is 19.1. The molecule has 0 saturated carbocycles. The van der Waals surface area contributed by atoms with E-state index in [-0.39, 0.29) is 18.1 Å². The van der Waals surface area contributed by atoms with Crippen molar-refractivity contribution in [2.45, 2.75) is 27.3 Å². The molecule has 39 heavy (non-hydrogen) atoms. The normalized spacial score (nSPS) is 10.9. The topological polar surface area (TPSA) is 132 Å². The highest BCUT2D eigenvalue weighted by Crippen LogP contribution is 2.23. The van der Waals surface area contributed by atoms with E-state index in [2.05, 4.69) is 40.7 Å². The maximum atomic E-state index is 14.9. The van der Waals surface area contributed by atoms with Crippen molar-refractivity contribution in [1.29, 1.82) is 0 Å². The van der Waals surface area contributed by atoms with E-state index < -0.39 is 17.5 Å². The van der Waals surface area contributed by atoms with Gasteiger partial charge in [0.1, 0.15) is 17.4 Å². The number of nitrogens with zero attached hydrogens (tertiary/aromatic N) is 6. The van der Waals surface area contributed by atoms with Crippen LogP contribution in [0.4, 0.5) is 20.4 Å². The van der Waals surface area contributed by atoms with E-state index in [9.17, 15) is 13.6 Å². The first-order valence-corrected chi connectivity index (χ1v) is 11.8. The molecule has 0 radical (unpaired) electrons. The standard InChI is InChI=1S/C27H22F2N8O2/c1-14-6-23(35-24-7-15(2)39-37-24)36-26(34-14)18-8-21(29)25(32-12-18)27(38)33-11-17-4-5-22(31-10-17)20-9-19(28)13-30-16(20)3/h4-10,12-13H,11H2,1-3H3,(H,33,38)(H,34,35,36,37). The summed E-state index contributed by atoms with van der Waals surface area (Å²) in [4.78, 5) is 33.7. The lowest BCUT2D eigenvalue weighted by Crippen LogP contribution is -2.25. The summed E-state index contributed by atoms with van der Waals surface area (Å²) in [7, 11) is 0. The van der Waals surface area contributed by atoms with Crippen molar-refractivity contribution >= 4 is 17.5 Å². The maximum absolute atomic E-state index is 14.9. The molecule has 0 unspecified atom stereocenters. The van der Waals surface area contributed by atoms with E-state index in [1.807, 2.05) is 0 Å². The first kappa shape index (κ1) is 25.5. The van der Waals surface area contributed by atoms with Crippen LogP contribution >= 0.6 is 0 Å². The lowest BCUT2D eigenvalue weighted by molar-refractivity contribution is 0.0941. The van der Waals surface area contributed by atoms with Crippen LogP contribution in [0.5, 0.6) is 0 Å². The Morgan fingerprint density at radius 1 is 0.923 bits per heavy atom. The quantitative estimate of drug-likeness (QED) is 0.304. The molecule has 2 N–H and O–H groups in total. The zero-order chi connectivity index (χ0) is 27.5.